The van der Waals surface area contributed by atoms with Crippen molar-refractivity contribution in [1.29, 1.82) is 0 Å². The van der Waals surface area contributed by atoms with Gasteiger partial charge in [-0.2, -0.15) is 5.10 Å². The molecule has 128 valence electrons. The molecule has 7 heteroatoms. The predicted molar refractivity (Wildman–Crippen MR) is 90.7 cm³/mol. The van der Waals surface area contributed by atoms with Gasteiger partial charge in [0.25, 0.3) is 0 Å². The number of halogens is 1. The molecule has 0 bridgehead atoms. The van der Waals surface area contributed by atoms with Crippen LogP contribution in [0.5, 0.6) is 5.75 Å². The van der Waals surface area contributed by atoms with E-state index in [1.165, 1.54) is 41.4 Å². The molecular formula is C18H16FN3O3. The lowest BCUT2D eigenvalue weighted by atomic mass is 10.1. The molecular weight excluding hydrogens is 325 g/mol. The molecule has 25 heavy (non-hydrogen) atoms. The number of nitrogens with one attached hydrogen (secondary N) is 1. The van der Waals surface area contributed by atoms with Crippen LogP contribution in [0.4, 0.5) is 10.1 Å². The number of anilines is 1. The Kier molecular flexibility index (Phi) is 4.74. The lowest BCUT2D eigenvalue weighted by molar-refractivity contribution is -0.126. The van der Waals surface area contributed by atoms with E-state index in [0.717, 1.165) is 0 Å². The first kappa shape index (κ1) is 16.6. The van der Waals surface area contributed by atoms with E-state index < -0.39 is 5.92 Å². The van der Waals surface area contributed by atoms with E-state index in [4.69, 9.17) is 0 Å². The summed E-state index contributed by atoms with van der Waals surface area (Å²) in [5.41, 5.74) is 3.41. The van der Waals surface area contributed by atoms with Gasteiger partial charge in [0.15, 0.2) is 0 Å². The van der Waals surface area contributed by atoms with Crippen molar-refractivity contribution >= 4 is 23.7 Å². The summed E-state index contributed by atoms with van der Waals surface area (Å²) in [4.78, 5) is 25.7. The molecule has 1 heterocycles. The molecule has 1 aliphatic rings. The molecule has 1 saturated heterocycles. The van der Waals surface area contributed by atoms with Crippen LogP contribution in [-0.4, -0.2) is 29.7 Å². The van der Waals surface area contributed by atoms with Crippen LogP contribution in [0.1, 0.15) is 12.0 Å². The zero-order valence-corrected chi connectivity index (χ0v) is 13.2. The molecule has 1 fully saturated rings. The van der Waals surface area contributed by atoms with Crippen molar-refractivity contribution in [3.63, 3.8) is 0 Å². The van der Waals surface area contributed by atoms with Crippen LogP contribution < -0.4 is 10.3 Å². The summed E-state index contributed by atoms with van der Waals surface area (Å²) in [6, 6.07) is 12.1. The summed E-state index contributed by atoms with van der Waals surface area (Å²) in [7, 11) is 0. The Labute approximate surface area is 143 Å². The Balaban J connectivity index is 1.61. The Morgan fingerprint density at radius 3 is 2.68 bits per heavy atom. The average Bonchev–Trinajstić information content (AvgIpc) is 2.99. The van der Waals surface area contributed by atoms with E-state index in [-0.39, 0.29) is 36.3 Å². The highest BCUT2D eigenvalue weighted by atomic mass is 19.1. The second kappa shape index (κ2) is 7.12. The average molecular weight is 341 g/mol. The number of carbonyl (C=O) groups excluding carboxylic acids is 2. The third kappa shape index (κ3) is 3.82. The first-order valence-electron chi connectivity index (χ1n) is 7.71. The number of hydrogen-bond acceptors (Lipinski definition) is 4. The monoisotopic (exact) mass is 341 g/mol. The molecule has 3 rings (SSSR count). The van der Waals surface area contributed by atoms with Crippen LogP contribution in [0.15, 0.2) is 53.6 Å². The highest BCUT2D eigenvalue weighted by Crippen LogP contribution is 2.25. The topological polar surface area (TPSA) is 82.0 Å². The maximum atomic E-state index is 13.0. The fourth-order valence-corrected chi connectivity index (χ4v) is 2.61. The highest BCUT2D eigenvalue weighted by Gasteiger charge is 2.35. The SMILES string of the molecule is O=C(N/N=C\c1ccccc1O)[C@H]1CC(=O)N(c2ccc(F)cc2)C1. The van der Waals surface area contributed by atoms with Crippen molar-refractivity contribution in [3.8, 4) is 5.75 Å². The van der Waals surface area contributed by atoms with Crippen LogP contribution in [0, 0.1) is 11.7 Å². The summed E-state index contributed by atoms with van der Waals surface area (Å²) >= 11 is 0. The number of para-hydroxylation sites is 1. The minimum Gasteiger partial charge on any atom is -0.507 e. The summed E-state index contributed by atoms with van der Waals surface area (Å²) in [5.74, 6) is -1.46. The molecule has 0 unspecified atom stereocenters. The number of nitrogens with zero attached hydrogens (tertiary/aromatic N) is 2. The summed E-state index contributed by atoms with van der Waals surface area (Å²) in [6.07, 6.45) is 1.40. The Hall–Kier alpha value is -3.22. The van der Waals surface area contributed by atoms with Crippen molar-refractivity contribution in [2.45, 2.75) is 6.42 Å². The number of phenols is 1. The van der Waals surface area contributed by atoms with E-state index in [1.54, 1.807) is 18.2 Å². The van der Waals surface area contributed by atoms with Crippen molar-refractivity contribution in [2.75, 3.05) is 11.4 Å². The van der Waals surface area contributed by atoms with Gasteiger partial charge in [-0.05, 0) is 36.4 Å². The first-order chi connectivity index (χ1) is 12.0. The van der Waals surface area contributed by atoms with Crippen molar-refractivity contribution in [1.82, 2.24) is 5.43 Å². The number of aromatic hydroxyl groups is 1. The van der Waals surface area contributed by atoms with Gasteiger partial charge in [-0.25, -0.2) is 9.82 Å². The predicted octanol–water partition coefficient (Wildman–Crippen LogP) is 2.03. The number of benzene rings is 2. The fourth-order valence-electron chi connectivity index (χ4n) is 2.61. The Bertz CT molecular complexity index is 821. The van der Waals surface area contributed by atoms with Gasteiger partial charge >= 0.3 is 0 Å². The number of hydrogen-bond donors (Lipinski definition) is 2. The maximum absolute atomic E-state index is 13.0. The van der Waals surface area contributed by atoms with E-state index in [0.29, 0.717) is 11.3 Å². The molecule has 2 amide bonds. The first-order valence-corrected chi connectivity index (χ1v) is 7.71. The quantitative estimate of drug-likeness (QED) is 0.659. The zero-order valence-electron chi connectivity index (χ0n) is 13.2. The minimum absolute atomic E-state index is 0.0547. The van der Waals surface area contributed by atoms with Gasteiger partial charge in [-0.15, -0.1) is 0 Å². The van der Waals surface area contributed by atoms with Crippen LogP contribution in [-0.2, 0) is 9.59 Å². The van der Waals surface area contributed by atoms with Gasteiger partial charge in [0, 0.05) is 24.2 Å². The molecule has 0 aromatic heterocycles. The van der Waals surface area contributed by atoms with E-state index in [2.05, 4.69) is 10.5 Å². The van der Waals surface area contributed by atoms with Crippen molar-refractivity contribution in [3.05, 3.63) is 59.9 Å². The van der Waals surface area contributed by atoms with Crippen LogP contribution in [0.25, 0.3) is 0 Å². The summed E-state index contributed by atoms with van der Waals surface area (Å²) in [6.45, 7) is 0.211. The third-order valence-corrected chi connectivity index (χ3v) is 3.95. The van der Waals surface area contributed by atoms with Gasteiger partial charge < -0.3 is 10.0 Å². The van der Waals surface area contributed by atoms with E-state index in [1.807, 2.05) is 0 Å². The number of carbonyl (C=O) groups is 2. The number of rotatable bonds is 4. The van der Waals surface area contributed by atoms with Gasteiger partial charge in [0.05, 0.1) is 12.1 Å². The minimum atomic E-state index is -0.543. The lowest BCUT2D eigenvalue weighted by Gasteiger charge is -2.16. The number of amides is 2. The smallest absolute Gasteiger partial charge is 0.245 e. The largest absolute Gasteiger partial charge is 0.507 e. The lowest BCUT2D eigenvalue weighted by Crippen LogP contribution is -2.30. The molecule has 0 radical (unpaired) electrons. The number of hydrazone groups is 1. The summed E-state index contributed by atoms with van der Waals surface area (Å²) in [5, 5.41) is 13.4. The molecule has 2 N–H and O–H groups in total. The molecule has 6 nitrogen and oxygen atoms in total. The van der Waals surface area contributed by atoms with Gasteiger partial charge in [0.2, 0.25) is 11.8 Å². The van der Waals surface area contributed by atoms with Gasteiger partial charge in [-0.3, -0.25) is 9.59 Å². The van der Waals surface area contributed by atoms with Gasteiger partial charge in [0.1, 0.15) is 11.6 Å². The van der Waals surface area contributed by atoms with Crippen molar-refractivity contribution < 1.29 is 19.1 Å². The van der Waals surface area contributed by atoms with Crippen LogP contribution in [0.2, 0.25) is 0 Å². The molecule has 2 aromatic rings. The second-order valence-electron chi connectivity index (χ2n) is 5.67. The van der Waals surface area contributed by atoms with Crippen molar-refractivity contribution in [2.24, 2.45) is 11.0 Å². The van der Waals surface area contributed by atoms with E-state index in [9.17, 15) is 19.1 Å². The third-order valence-electron chi connectivity index (χ3n) is 3.95. The maximum Gasteiger partial charge on any atom is 0.245 e. The second-order valence-corrected chi connectivity index (χ2v) is 5.67. The van der Waals surface area contributed by atoms with Gasteiger partial charge in [-0.1, -0.05) is 12.1 Å². The van der Waals surface area contributed by atoms with Crippen LogP contribution in [0.3, 0.4) is 0 Å². The molecule has 0 saturated carbocycles. The highest BCUT2D eigenvalue weighted by molar-refractivity contribution is 6.00. The Morgan fingerprint density at radius 1 is 1.24 bits per heavy atom. The molecule has 2 aromatic carbocycles. The number of phenolic OH excluding ortho intramolecular Hbond substituents is 1. The normalized spacial score (nSPS) is 17.2. The molecule has 1 aliphatic heterocycles. The summed E-state index contributed by atoms with van der Waals surface area (Å²) < 4.78 is 13.0. The zero-order chi connectivity index (χ0) is 17.8. The molecule has 0 spiro atoms. The fraction of sp³-hybridized carbons (Fsp3) is 0.167. The van der Waals surface area contributed by atoms with Crippen LogP contribution >= 0.6 is 0 Å². The molecule has 0 aliphatic carbocycles. The standard InChI is InChI=1S/C18H16FN3O3/c19-14-5-7-15(8-6-14)22-11-13(9-17(22)24)18(25)21-20-10-12-3-1-2-4-16(12)23/h1-8,10,13,23H,9,11H2,(H,21,25)/b20-10-/t13-/m0/s1. The van der Waals surface area contributed by atoms with E-state index >= 15 is 0 Å². The molecule has 1 atom stereocenters. The Morgan fingerprint density at radius 2 is 1.96 bits per heavy atom.